The van der Waals surface area contributed by atoms with Crippen LogP contribution in [0, 0.1) is 0 Å². The maximum absolute atomic E-state index is 12.2. The van der Waals surface area contributed by atoms with Gasteiger partial charge in [0.2, 0.25) is 17.7 Å². The minimum atomic E-state index is -4.49. The number of hydrogen-bond donors (Lipinski definition) is 3. The Labute approximate surface area is 293 Å². The first-order chi connectivity index (χ1) is 23.5. The van der Waals surface area contributed by atoms with Gasteiger partial charge in [-0.2, -0.15) is 18.4 Å². The van der Waals surface area contributed by atoms with Crippen LogP contribution in [0.25, 0.3) is 0 Å². The Morgan fingerprint density at radius 2 is 1.45 bits per heavy atom. The third-order valence-corrected chi connectivity index (χ3v) is 7.37. The van der Waals surface area contributed by atoms with Gasteiger partial charge in [-0.15, -0.1) is 0 Å². The summed E-state index contributed by atoms with van der Waals surface area (Å²) >= 11 is 12.0. The summed E-state index contributed by atoms with van der Waals surface area (Å²) in [5, 5.41) is 5.57. The van der Waals surface area contributed by atoms with Crippen LogP contribution in [0.15, 0.2) is 72.8 Å². The van der Waals surface area contributed by atoms with Crippen LogP contribution in [0.5, 0.6) is 29.0 Å². The first kappa shape index (κ1) is 38.4. The molecule has 0 aliphatic heterocycles. The summed E-state index contributed by atoms with van der Waals surface area (Å²) in [6.07, 6.45) is 0. The van der Waals surface area contributed by atoms with Gasteiger partial charge < -0.3 is 33.2 Å². The smallest absolute Gasteiger partial charge is 0.411 e. The quantitative estimate of drug-likeness (QED) is 0.102. The number of anilines is 2. The van der Waals surface area contributed by atoms with E-state index in [9.17, 15) is 18.0 Å². The lowest BCUT2D eigenvalue weighted by atomic mass is 10.2. The summed E-state index contributed by atoms with van der Waals surface area (Å²) in [5.74, 6) is 0.495. The molecule has 1 heterocycles. The van der Waals surface area contributed by atoms with Gasteiger partial charge in [0.15, 0.2) is 18.3 Å². The van der Waals surface area contributed by atoms with Crippen LogP contribution in [0.1, 0.15) is 24.2 Å². The maximum atomic E-state index is 12.2. The SMILES string of the molecule is CCOCOc1ccc(C(=O)Nc2cccc(Cl)c2Cl)cc1.CCOc1ccccc1OS(=O)(=O)NC(=O)Nc1nc(OC)cc(OC)n1. The molecule has 0 saturated carbocycles. The molecule has 3 aromatic carbocycles. The standard InChI is InChI=1S/C16H15Cl2NO3.C15H18N4O7S/c1-2-21-10-22-12-8-6-11(7-9-12)16(20)19-14-5-3-4-13(17)15(14)18;1-4-25-10-7-5-6-8-11(10)26-27(21,22)19-15(20)18-14-16-12(23-2)9-13(17-14)24-3/h3-9H,2,10H2,1H3,(H,19,20);5-9H,4H2,1-3H3,(H2,16,17,18,19,20). The number of urea groups is 1. The number of carbonyl (C=O) groups excluding carboxylic acids is 2. The van der Waals surface area contributed by atoms with Gasteiger partial charge in [0.1, 0.15) is 5.75 Å². The van der Waals surface area contributed by atoms with E-state index < -0.39 is 16.3 Å². The van der Waals surface area contributed by atoms with Gasteiger partial charge in [0, 0.05) is 12.2 Å². The molecule has 18 heteroatoms. The van der Waals surface area contributed by atoms with Gasteiger partial charge in [0.25, 0.3) is 5.91 Å². The lowest BCUT2D eigenvalue weighted by Gasteiger charge is -2.12. The highest BCUT2D eigenvalue weighted by molar-refractivity contribution is 7.85. The number of amides is 3. The summed E-state index contributed by atoms with van der Waals surface area (Å²) in [4.78, 5) is 31.8. The average Bonchev–Trinajstić information content (AvgIpc) is 3.08. The third-order valence-electron chi connectivity index (χ3n) is 5.72. The van der Waals surface area contributed by atoms with Crippen molar-refractivity contribution in [1.82, 2.24) is 14.7 Å². The van der Waals surface area contributed by atoms with Crippen LogP contribution in [-0.4, -0.2) is 64.6 Å². The van der Waals surface area contributed by atoms with Crippen LogP contribution < -0.4 is 38.5 Å². The predicted molar refractivity (Wildman–Crippen MR) is 182 cm³/mol. The molecule has 4 aromatic rings. The first-order valence-electron chi connectivity index (χ1n) is 14.3. The van der Waals surface area contributed by atoms with E-state index in [0.717, 1.165) is 0 Å². The molecule has 0 bridgehead atoms. The van der Waals surface area contributed by atoms with Crippen LogP contribution in [0.2, 0.25) is 10.0 Å². The molecule has 0 spiro atoms. The molecule has 0 saturated heterocycles. The predicted octanol–water partition coefficient (Wildman–Crippen LogP) is 5.96. The fraction of sp³-hybridized carbons (Fsp3) is 0.226. The molecule has 262 valence electrons. The number of para-hydroxylation sites is 2. The number of halogens is 2. The highest BCUT2D eigenvalue weighted by Gasteiger charge is 2.20. The van der Waals surface area contributed by atoms with E-state index in [1.165, 1.54) is 32.4 Å². The van der Waals surface area contributed by atoms with Gasteiger partial charge in [-0.1, -0.05) is 41.4 Å². The summed E-state index contributed by atoms with van der Waals surface area (Å²) < 4.78 is 56.2. The molecule has 15 nitrogen and oxygen atoms in total. The summed E-state index contributed by atoms with van der Waals surface area (Å²) in [5.41, 5.74) is 0.954. The van der Waals surface area contributed by atoms with Crippen molar-refractivity contribution in [2.24, 2.45) is 0 Å². The molecule has 49 heavy (non-hydrogen) atoms. The van der Waals surface area contributed by atoms with Crippen molar-refractivity contribution in [3.05, 3.63) is 88.4 Å². The Hall–Kier alpha value is -5.03. The van der Waals surface area contributed by atoms with E-state index in [1.807, 2.05) is 6.92 Å². The fourth-order valence-corrected chi connectivity index (χ4v) is 4.57. The summed E-state index contributed by atoms with van der Waals surface area (Å²) in [6.45, 7) is 4.70. The van der Waals surface area contributed by atoms with Gasteiger partial charge in [0.05, 0.1) is 42.6 Å². The Balaban J connectivity index is 0.000000271. The topological polar surface area (TPSA) is 186 Å². The van der Waals surface area contributed by atoms with Crippen LogP contribution in [-0.2, 0) is 15.0 Å². The maximum Gasteiger partial charge on any atom is 0.411 e. The molecule has 1 aromatic heterocycles. The number of carbonyl (C=O) groups is 2. The molecule has 3 N–H and O–H groups in total. The lowest BCUT2D eigenvalue weighted by molar-refractivity contribution is 0.0224. The Morgan fingerprint density at radius 3 is 2.06 bits per heavy atom. The molecular formula is C31H33Cl2N5O10S. The molecule has 0 aliphatic rings. The van der Waals surface area contributed by atoms with E-state index in [4.69, 9.17) is 51.1 Å². The second-order valence-electron chi connectivity index (χ2n) is 9.08. The van der Waals surface area contributed by atoms with Crippen molar-refractivity contribution >= 4 is 57.1 Å². The van der Waals surface area contributed by atoms with Crippen LogP contribution in [0.4, 0.5) is 16.4 Å². The number of rotatable bonds is 14. The highest BCUT2D eigenvalue weighted by atomic mass is 35.5. The van der Waals surface area contributed by atoms with E-state index in [0.29, 0.717) is 40.3 Å². The normalized spacial score (nSPS) is 10.5. The molecule has 0 radical (unpaired) electrons. The number of nitrogens with one attached hydrogen (secondary N) is 3. The number of nitrogens with zero attached hydrogens (tertiary/aromatic N) is 2. The second-order valence-corrected chi connectivity index (χ2v) is 11.1. The zero-order valence-corrected chi connectivity index (χ0v) is 29.0. The van der Waals surface area contributed by atoms with E-state index >= 15 is 0 Å². The summed E-state index contributed by atoms with van der Waals surface area (Å²) in [6, 6.07) is 18.2. The number of aromatic nitrogens is 2. The zero-order valence-electron chi connectivity index (χ0n) is 26.7. The number of hydrogen-bond acceptors (Lipinski definition) is 12. The molecular weight excluding hydrogens is 705 g/mol. The van der Waals surface area contributed by atoms with Crippen molar-refractivity contribution < 1.29 is 45.9 Å². The zero-order chi connectivity index (χ0) is 35.8. The van der Waals surface area contributed by atoms with Gasteiger partial charge in [-0.05, 0) is 62.4 Å². The minimum absolute atomic E-state index is 0.0704. The number of ether oxygens (including phenoxy) is 5. The van der Waals surface area contributed by atoms with E-state index in [2.05, 4.69) is 20.6 Å². The van der Waals surface area contributed by atoms with Crippen molar-refractivity contribution in [2.75, 3.05) is 44.9 Å². The molecule has 0 aliphatic carbocycles. The summed E-state index contributed by atoms with van der Waals surface area (Å²) in [7, 11) is -1.76. The van der Waals surface area contributed by atoms with E-state index in [1.54, 1.807) is 66.2 Å². The molecule has 3 amide bonds. The molecule has 0 unspecified atom stereocenters. The lowest BCUT2D eigenvalue weighted by Crippen LogP contribution is -2.37. The second kappa shape index (κ2) is 19.1. The van der Waals surface area contributed by atoms with Crippen molar-refractivity contribution in [3.8, 4) is 29.0 Å². The van der Waals surface area contributed by atoms with Gasteiger partial charge >= 0.3 is 16.3 Å². The van der Waals surface area contributed by atoms with Crippen LogP contribution >= 0.6 is 23.2 Å². The van der Waals surface area contributed by atoms with Gasteiger partial charge in [-0.25, -0.2) is 9.52 Å². The third kappa shape index (κ3) is 12.5. The molecule has 0 fully saturated rings. The minimum Gasteiger partial charge on any atom is -0.490 e. The highest BCUT2D eigenvalue weighted by Crippen LogP contribution is 2.30. The Kier molecular flexibility index (Phi) is 15.0. The van der Waals surface area contributed by atoms with Crippen molar-refractivity contribution in [2.45, 2.75) is 13.8 Å². The first-order valence-corrected chi connectivity index (χ1v) is 16.4. The number of benzene rings is 3. The largest absolute Gasteiger partial charge is 0.490 e. The monoisotopic (exact) mass is 737 g/mol. The number of methoxy groups -OCH3 is 2. The van der Waals surface area contributed by atoms with Crippen LogP contribution in [0.3, 0.4) is 0 Å². The van der Waals surface area contributed by atoms with Crippen molar-refractivity contribution in [1.29, 1.82) is 0 Å². The Morgan fingerprint density at radius 1 is 0.796 bits per heavy atom. The Bertz CT molecular complexity index is 1790. The van der Waals surface area contributed by atoms with E-state index in [-0.39, 0.29) is 41.9 Å². The molecule has 0 atom stereocenters. The average molecular weight is 739 g/mol. The van der Waals surface area contributed by atoms with Gasteiger partial charge in [-0.3, -0.25) is 10.1 Å². The fourth-order valence-electron chi connectivity index (χ4n) is 3.53. The van der Waals surface area contributed by atoms with Crippen molar-refractivity contribution in [3.63, 3.8) is 0 Å². The molecule has 4 rings (SSSR count).